The molecule has 6 aromatic rings. The Kier molecular flexibility index (Phi) is 17.6. The number of hydrogen-bond donors (Lipinski definition) is 3. The fraction of sp³-hybridized carbons (Fsp3) is 0.190. The average Bonchev–Trinajstić information content (AvgIpc) is 3.41. The van der Waals surface area contributed by atoms with E-state index >= 15 is 0 Å². The van der Waals surface area contributed by atoms with Gasteiger partial charge >= 0.3 is 41.8 Å². The molecule has 0 saturated carbocycles. The third-order valence-corrected chi connectivity index (χ3v) is 13.8. The number of allylic oxidation sites excluding steroid dienone is 2. The minimum absolute atomic E-state index is 0.131. The van der Waals surface area contributed by atoms with E-state index in [1.807, 2.05) is 72.8 Å². The van der Waals surface area contributed by atoms with Crippen molar-refractivity contribution in [2.24, 2.45) is 11.8 Å². The van der Waals surface area contributed by atoms with Crippen LogP contribution in [0.5, 0.6) is 11.5 Å². The van der Waals surface area contributed by atoms with Crippen molar-refractivity contribution >= 4 is 53.4 Å². The van der Waals surface area contributed by atoms with Crippen molar-refractivity contribution in [1.82, 2.24) is 0 Å². The van der Waals surface area contributed by atoms with Crippen LogP contribution < -0.4 is 9.47 Å². The average molecular weight is 1100 g/mol. The molecule has 3 N–H and O–H groups in total. The number of carboxylic acids is 3. The molecule has 412 valence electrons. The van der Waals surface area contributed by atoms with E-state index < -0.39 is 113 Å². The molecule has 2 aliphatic rings. The first-order valence-electron chi connectivity index (χ1n) is 25.3. The number of aliphatic carboxylic acids is 1. The lowest BCUT2D eigenvalue weighted by Gasteiger charge is -2.34. The molecule has 0 saturated heterocycles. The summed E-state index contributed by atoms with van der Waals surface area (Å²) in [5.41, 5.74) is 2.62. The van der Waals surface area contributed by atoms with Crippen molar-refractivity contribution in [3.8, 4) is 22.6 Å². The van der Waals surface area contributed by atoms with Gasteiger partial charge in [0.15, 0.2) is 23.8 Å². The van der Waals surface area contributed by atoms with Crippen molar-refractivity contribution in [3.63, 3.8) is 0 Å². The molecular weight excluding hydrogens is 1040 g/mol. The van der Waals surface area contributed by atoms with Crippen LogP contribution in [0.1, 0.15) is 99.4 Å². The predicted molar refractivity (Wildman–Crippen MR) is 289 cm³/mol. The molecule has 4 unspecified atom stereocenters. The lowest BCUT2D eigenvalue weighted by Crippen LogP contribution is -2.37. The summed E-state index contributed by atoms with van der Waals surface area (Å²) in [6.45, 7) is 6.42. The summed E-state index contributed by atoms with van der Waals surface area (Å²) in [5.74, 6) is -10.3. The first-order valence-corrected chi connectivity index (χ1v) is 25.3. The van der Waals surface area contributed by atoms with E-state index in [2.05, 4.69) is 13.2 Å². The van der Waals surface area contributed by atoms with Crippen LogP contribution in [0, 0.1) is 11.8 Å². The summed E-state index contributed by atoms with van der Waals surface area (Å²) < 4.78 is 34.1. The topological polar surface area (TPSA) is 270 Å². The summed E-state index contributed by atoms with van der Waals surface area (Å²) in [7, 11) is 0. The quantitative estimate of drug-likeness (QED) is 0.0167. The monoisotopic (exact) mass is 1100 g/mol. The highest BCUT2D eigenvalue weighted by Gasteiger charge is 2.46. The normalized spacial score (nSPS) is 15.2. The van der Waals surface area contributed by atoms with E-state index in [0.717, 1.165) is 69.8 Å². The zero-order valence-corrected chi connectivity index (χ0v) is 43.4. The van der Waals surface area contributed by atoms with Gasteiger partial charge in [-0.15, -0.1) is 0 Å². The van der Waals surface area contributed by atoms with E-state index in [9.17, 15) is 58.5 Å². The highest BCUT2D eigenvalue weighted by atomic mass is 16.6. The van der Waals surface area contributed by atoms with E-state index in [-0.39, 0.29) is 42.7 Å². The standard InChI is InChI=1S/C63H52O18/c1-4-55(65)78-34-43(80-61(74)49-15-7-6-14-48(49)58(68)69)32-76-41-24-20-39(21-25-41)63(53-16-10-8-12-46(53)47-13-9-11-17-54(47)63)40-22-26-42(27-23-40)77-33-44(35-79-56(66)5-2)81-62(75)50-29-19-38(31-52(50)60(72)73)57(67)37-18-28-45(36(3)64)51(30-37)59(70)71/h4-13,16-31,43-44,48-49H,1-2,14-15,32-35H2,3H3,(H,68,69)(H,70,71)(H,72,73). The molecule has 6 aromatic carbocycles. The predicted octanol–water partition coefficient (Wildman–Crippen LogP) is 8.90. The third kappa shape index (κ3) is 12.4. The second kappa shape index (κ2) is 25.1. The Morgan fingerprint density at radius 2 is 0.988 bits per heavy atom. The number of hydrogen-bond acceptors (Lipinski definition) is 15. The van der Waals surface area contributed by atoms with E-state index in [1.165, 1.54) is 19.1 Å². The maximum Gasteiger partial charge on any atom is 0.339 e. The smallest absolute Gasteiger partial charge is 0.339 e. The first kappa shape index (κ1) is 57.0. The van der Waals surface area contributed by atoms with E-state index in [4.69, 9.17) is 28.4 Å². The Morgan fingerprint density at radius 3 is 1.44 bits per heavy atom. The van der Waals surface area contributed by atoms with Gasteiger partial charge in [-0.3, -0.25) is 19.2 Å². The fourth-order valence-corrected chi connectivity index (χ4v) is 9.90. The molecule has 8 rings (SSSR count). The van der Waals surface area contributed by atoms with Gasteiger partial charge in [-0.05, 0) is 102 Å². The number of esters is 4. The second-order valence-corrected chi connectivity index (χ2v) is 18.8. The summed E-state index contributed by atoms with van der Waals surface area (Å²) in [5, 5.41) is 29.6. The van der Waals surface area contributed by atoms with Gasteiger partial charge < -0.3 is 43.7 Å². The Morgan fingerprint density at radius 1 is 0.543 bits per heavy atom. The second-order valence-electron chi connectivity index (χ2n) is 18.8. The number of aromatic carboxylic acids is 2. The van der Waals surface area contributed by atoms with Gasteiger partial charge in [-0.25, -0.2) is 24.0 Å². The van der Waals surface area contributed by atoms with Crippen LogP contribution in [0.25, 0.3) is 11.1 Å². The summed E-state index contributed by atoms with van der Waals surface area (Å²) in [4.78, 5) is 113. The van der Waals surface area contributed by atoms with Gasteiger partial charge in [0, 0.05) is 28.8 Å². The minimum atomic E-state index is -1.60. The number of fused-ring (bicyclic) bond motifs is 3. The number of benzene rings is 6. The summed E-state index contributed by atoms with van der Waals surface area (Å²) in [6.07, 6.45) is 3.21. The van der Waals surface area contributed by atoms with Crippen molar-refractivity contribution < 1.29 is 86.9 Å². The number of carbonyl (C=O) groups excluding carboxylic acids is 6. The summed E-state index contributed by atoms with van der Waals surface area (Å²) >= 11 is 0. The fourth-order valence-electron chi connectivity index (χ4n) is 9.90. The molecule has 0 aromatic heterocycles. The Hall–Kier alpha value is -10.2. The number of ether oxygens (including phenoxy) is 6. The highest BCUT2D eigenvalue weighted by Crippen LogP contribution is 2.56. The molecule has 18 nitrogen and oxygen atoms in total. The summed E-state index contributed by atoms with van der Waals surface area (Å²) in [6, 6.07) is 37.0. The number of Topliss-reactive ketones (excluding diaryl/α,β-unsaturated/α-hetero) is 1. The van der Waals surface area contributed by atoms with Crippen LogP contribution >= 0.6 is 0 Å². The molecule has 0 aliphatic heterocycles. The molecule has 4 atom stereocenters. The van der Waals surface area contributed by atoms with Crippen LogP contribution in [-0.2, 0) is 43.5 Å². The number of carbonyl (C=O) groups is 9. The van der Waals surface area contributed by atoms with Gasteiger partial charge in [0.1, 0.15) is 37.9 Å². The zero-order valence-electron chi connectivity index (χ0n) is 43.4. The molecule has 18 heteroatoms. The van der Waals surface area contributed by atoms with Crippen LogP contribution in [-0.4, -0.2) is 107 Å². The molecule has 0 spiro atoms. The van der Waals surface area contributed by atoms with Gasteiger partial charge in [0.05, 0.1) is 33.9 Å². The van der Waals surface area contributed by atoms with E-state index in [1.54, 1.807) is 36.4 Å². The lowest BCUT2D eigenvalue weighted by molar-refractivity contribution is -0.167. The molecule has 0 radical (unpaired) electrons. The van der Waals surface area contributed by atoms with Crippen LogP contribution in [0.4, 0.5) is 0 Å². The molecule has 0 bridgehead atoms. The minimum Gasteiger partial charge on any atom is -0.490 e. The molecule has 0 amide bonds. The maximum atomic E-state index is 13.8. The maximum absolute atomic E-state index is 13.8. The number of ketones is 2. The van der Waals surface area contributed by atoms with Crippen molar-refractivity contribution in [2.75, 3.05) is 26.4 Å². The molecule has 0 fully saturated rings. The van der Waals surface area contributed by atoms with Crippen molar-refractivity contribution in [1.29, 1.82) is 0 Å². The number of carboxylic acid groups (broad SMARTS) is 3. The molecular formula is C63H52O18. The van der Waals surface area contributed by atoms with Gasteiger partial charge in [0.25, 0.3) is 0 Å². The van der Waals surface area contributed by atoms with Gasteiger partial charge in [0.2, 0.25) is 0 Å². The molecule has 0 heterocycles. The van der Waals surface area contributed by atoms with Crippen LogP contribution in [0.3, 0.4) is 0 Å². The Balaban J connectivity index is 1.03. The highest BCUT2D eigenvalue weighted by molar-refractivity contribution is 6.14. The number of rotatable bonds is 24. The molecule has 81 heavy (non-hydrogen) atoms. The van der Waals surface area contributed by atoms with E-state index in [0.29, 0.717) is 11.5 Å². The van der Waals surface area contributed by atoms with Gasteiger partial charge in [-0.2, -0.15) is 0 Å². The largest absolute Gasteiger partial charge is 0.490 e. The van der Waals surface area contributed by atoms with Gasteiger partial charge in [-0.1, -0.05) is 110 Å². The lowest BCUT2D eigenvalue weighted by atomic mass is 9.68. The SMILES string of the molecule is C=CC(=O)OCC(COc1ccc(C2(c3ccc(OCC(COC(=O)C=C)OC(=O)C4CC=CCC4C(=O)O)cc3)c3ccccc3-c3ccccc32)cc1)OC(=O)c1ccc(C(=O)c2ccc(C(C)=O)c(C(=O)O)c2)cc1C(=O)O. The van der Waals surface area contributed by atoms with Crippen molar-refractivity contribution in [3.05, 3.63) is 227 Å². The third-order valence-electron chi connectivity index (χ3n) is 13.8. The van der Waals surface area contributed by atoms with Crippen LogP contribution in [0.15, 0.2) is 171 Å². The zero-order chi connectivity index (χ0) is 58.0. The first-order chi connectivity index (χ1) is 38.9. The van der Waals surface area contributed by atoms with Crippen LogP contribution in [0.2, 0.25) is 0 Å². The van der Waals surface area contributed by atoms with Crippen molar-refractivity contribution in [2.45, 2.75) is 37.4 Å². The Bertz CT molecular complexity index is 3470. The Labute approximate surface area is 463 Å². The molecule has 2 aliphatic carbocycles.